The Morgan fingerprint density at radius 3 is 2.21 bits per heavy atom. The molecule has 0 spiro atoms. The van der Waals surface area contributed by atoms with Crippen molar-refractivity contribution in [3.8, 4) is 0 Å². The molecule has 0 rings (SSSR count). The summed E-state index contributed by atoms with van der Waals surface area (Å²) in [6.07, 6.45) is 0. The number of hydrogen-bond acceptors (Lipinski definition) is 2. The predicted octanol–water partition coefficient (Wildman–Crippen LogP) is 2.41. The minimum Gasteiger partial charge on any atom is -0.481 e. The maximum absolute atomic E-state index is 11.0. The van der Waals surface area contributed by atoms with Crippen molar-refractivity contribution in [3.05, 3.63) is 0 Å². The summed E-state index contributed by atoms with van der Waals surface area (Å²) < 4.78 is 5.19. The molecular formula is C11H22O3. The van der Waals surface area contributed by atoms with Crippen molar-refractivity contribution in [3.63, 3.8) is 0 Å². The van der Waals surface area contributed by atoms with Crippen LogP contribution in [0.25, 0.3) is 0 Å². The van der Waals surface area contributed by atoms with Gasteiger partial charge in [-0.15, -0.1) is 0 Å². The Labute approximate surface area is 86.5 Å². The molecule has 3 heteroatoms. The molecule has 3 nitrogen and oxygen atoms in total. The van der Waals surface area contributed by atoms with Gasteiger partial charge in [-0.3, -0.25) is 4.79 Å². The van der Waals surface area contributed by atoms with Crippen LogP contribution in [0, 0.1) is 17.3 Å². The maximum Gasteiger partial charge on any atom is 0.309 e. The molecule has 0 radical (unpaired) electrons. The minimum atomic E-state index is -0.763. The van der Waals surface area contributed by atoms with Crippen molar-refractivity contribution >= 4 is 5.97 Å². The van der Waals surface area contributed by atoms with E-state index in [9.17, 15) is 4.79 Å². The van der Waals surface area contributed by atoms with E-state index in [-0.39, 0.29) is 11.3 Å². The van der Waals surface area contributed by atoms with Gasteiger partial charge in [-0.25, -0.2) is 0 Å². The van der Waals surface area contributed by atoms with Gasteiger partial charge in [0.25, 0.3) is 0 Å². The molecule has 0 aromatic heterocycles. The van der Waals surface area contributed by atoms with Gasteiger partial charge in [0.05, 0.1) is 12.5 Å². The van der Waals surface area contributed by atoms with E-state index in [0.29, 0.717) is 13.2 Å². The van der Waals surface area contributed by atoms with Gasteiger partial charge in [-0.2, -0.15) is 0 Å². The predicted molar refractivity (Wildman–Crippen MR) is 56.2 cm³/mol. The maximum atomic E-state index is 11.0. The zero-order valence-electron chi connectivity index (χ0n) is 9.83. The first-order valence-corrected chi connectivity index (χ1v) is 5.11. The van der Waals surface area contributed by atoms with Crippen molar-refractivity contribution in [2.45, 2.75) is 34.6 Å². The Morgan fingerprint density at radius 1 is 1.43 bits per heavy atom. The molecule has 0 fully saturated rings. The number of ether oxygens (including phenoxy) is 1. The van der Waals surface area contributed by atoms with Gasteiger partial charge in [-0.05, 0) is 18.3 Å². The lowest BCUT2D eigenvalue weighted by molar-refractivity contribution is -0.147. The van der Waals surface area contributed by atoms with E-state index in [1.165, 1.54) is 0 Å². The van der Waals surface area contributed by atoms with Gasteiger partial charge >= 0.3 is 5.97 Å². The van der Waals surface area contributed by atoms with Crippen molar-refractivity contribution in [2.75, 3.05) is 13.2 Å². The fourth-order valence-electron chi connectivity index (χ4n) is 1.28. The molecule has 0 amide bonds. The second-order valence-corrected chi connectivity index (χ2v) is 4.76. The summed E-state index contributed by atoms with van der Waals surface area (Å²) in [6, 6.07) is 0. The highest BCUT2D eigenvalue weighted by atomic mass is 16.5. The number of carboxylic acids is 1. The van der Waals surface area contributed by atoms with Crippen molar-refractivity contribution in [2.24, 2.45) is 17.3 Å². The molecule has 0 saturated carbocycles. The van der Waals surface area contributed by atoms with Gasteiger partial charge in [0.2, 0.25) is 0 Å². The Hall–Kier alpha value is -0.570. The van der Waals surface area contributed by atoms with Crippen LogP contribution in [0.5, 0.6) is 0 Å². The summed E-state index contributed by atoms with van der Waals surface area (Å²) in [4.78, 5) is 11.0. The van der Waals surface area contributed by atoms with Crippen LogP contribution in [0.2, 0.25) is 0 Å². The first-order valence-electron chi connectivity index (χ1n) is 5.11. The summed E-state index contributed by atoms with van der Waals surface area (Å²) >= 11 is 0. The third-order valence-corrected chi connectivity index (χ3v) is 2.79. The lowest BCUT2D eigenvalue weighted by atomic mass is 9.74. The average Bonchev–Trinajstić information content (AvgIpc) is 2.02. The van der Waals surface area contributed by atoms with E-state index >= 15 is 0 Å². The monoisotopic (exact) mass is 202 g/mol. The summed E-state index contributed by atoms with van der Waals surface area (Å²) in [5.74, 6) is -1.07. The molecular weight excluding hydrogens is 180 g/mol. The Bertz CT molecular complexity index is 181. The molecule has 2 unspecified atom stereocenters. The number of rotatable bonds is 5. The van der Waals surface area contributed by atoms with Crippen molar-refractivity contribution in [1.82, 2.24) is 0 Å². The summed E-state index contributed by atoms with van der Waals surface area (Å²) in [6.45, 7) is 10.9. The summed E-state index contributed by atoms with van der Waals surface area (Å²) in [5.41, 5.74) is 0.000157. The van der Waals surface area contributed by atoms with Crippen LogP contribution < -0.4 is 0 Å². The van der Waals surface area contributed by atoms with Gasteiger partial charge in [0, 0.05) is 6.61 Å². The highest BCUT2D eigenvalue weighted by Gasteiger charge is 2.33. The fourth-order valence-corrected chi connectivity index (χ4v) is 1.28. The normalized spacial score (nSPS) is 16.4. The smallest absolute Gasteiger partial charge is 0.309 e. The number of aliphatic carboxylic acids is 1. The second-order valence-electron chi connectivity index (χ2n) is 4.76. The number of carbonyl (C=O) groups is 1. The van der Waals surface area contributed by atoms with Gasteiger partial charge < -0.3 is 9.84 Å². The fraction of sp³-hybridized carbons (Fsp3) is 0.909. The zero-order chi connectivity index (χ0) is 11.4. The first kappa shape index (κ1) is 13.4. The van der Waals surface area contributed by atoms with Crippen LogP contribution in [0.4, 0.5) is 0 Å². The largest absolute Gasteiger partial charge is 0.481 e. The number of carboxylic acid groups (broad SMARTS) is 1. The van der Waals surface area contributed by atoms with E-state index < -0.39 is 11.9 Å². The molecule has 0 aliphatic carbocycles. The molecule has 84 valence electrons. The standard InChI is InChI=1S/C11H22O3/c1-6-14-7-9(10(12)13)8(2)11(3,4)5/h8-9H,6-7H2,1-5H3,(H,12,13). The number of hydrogen-bond donors (Lipinski definition) is 1. The van der Waals surface area contributed by atoms with Crippen LogP contribution in [-0.2, 0) is 9.53 Å². The molecule has 14 heavy (non-hydrogen) atoms. The average molecular weight is 202 g/mol. The van der Waals surface area contributed by atoms with Gasteiger partial charge in [0.1, 0.15) is 0 Å². The molecule has 2 atom stereocenters. The van der Waals surface area contributed by atoms with Gasteiger partial charge in [0.15, 0.2) is 0 Å². The Balaban J connectivity index is 4.41. The van der Waals surface area contributed by atoms with Crippen LogP contribution >= 0.6 is 0 Å². The zero-order valence-corrected chi connectivity index (χ0v) is 9.83. The van der Waals surface area contributed by atoms with E-state index in [1.54, 1.807) is 0 Å². The lowest BCUT2D eigenvalue weighted by Gasteiger charge is -2.31. The third kappa shape index (κ3) is 4.09. The van der Waals surface area contributed by atoms with Crippen LogP contribution in [0.3, 0.4) is 0 Å². The van der Waals surface area contributed by atoms with E-state index in [1.807, 2.05) is 13.8 Å². The quantitative estimate of drug-likeness (QED) is 0.744. The van der Waals surface area contributed by atoms with Gasteiger partial charge in [-0.1, -0.05) is 27.7 Å². The van der Waals surface area contributed by atoms with Crippen molar-refractivity contribution < 1.29 is 14.6 Å². The van der Waals surface area contributed by atoms with E-state index in [2.05, 4.69) is 20.8 Å². The van der Waals surface area contributed by atoms with Crippen molar-refractivity contribution in [1.29, 1.82) is 0 Å². The highest BCUT2D eigenvalue weighted by molar-refractivity contribution is 5.70. The second kappa shape index (κ2) is 5.35. The van der Waals surface area contributed by atoms with E-state index in [4.69, 9.17) is 9.84 Å². The molecule has 0 aromatic carbocycles. The summed E-state index contributed by atoms with van der Waals surface area (Å²) in [5, 5.41) is 9.05. The molecule has 0 aromatic rings. The molecule has 1 N–H and O–H groups in total. The van der Waals surface area contributed by atoms with Crippen LogP contribution in [0.15, 0.2) is 0 Å². The molecule has 0 bridgehead atoms. The SMILES string of the molecule is CCOCC(C(=O)O)C(C)C(C)(C)C. The molecule has 0 heterocycles. The van der Waals surface area contributed by atoms with Crippen LogP contribution in [-0.4, -0.2) is 24.3 Å². The highest BCUT2D eigenvalue weighted by Crippen LogP contribution is 2.32. The Kier molecular flexibility index (Phi) is 5.13. The van der Waals surface area contributed by atoms with Crippen LogP contribution in [0.1, 0.15) is 34.6 Å². The Morgan fingerprint density at radius 2 is 1.93 bits per heavy atom. The molecule has 0 aliphatic rings. The molecule has 0 saturated heterocycles. The summed E-state index contributed by atoms with van der Waals surface area (Å²) in [7, 11) is 0. The lowest BCUT2D eigenvalue weighted by Crippen LogP contribution is -2.34. The minimum absolute atomic E-state index is 0.000157. The topological polar surface area (TPSA) is 46.5 Å². The molecule has 0 aliphatic heterocycles. The third-order valence-electron chi connectivity index (χ3n) is 2.79. The van der Waals surface area contributed by atoms with E-state index in [0.717, 1.165) is 0 Å². The first-order chi connectivity index (χ1) is 6.30.